The zero-order valence-corrected chi connectivity index (χ0v) is 6.92. The van der Waals surface area contributed by atoms with Gasteiger partial charge in [-0.05, 0) is 13.3 Å². The van der Waals surface area contributed by atoms with Crippen molar-refractivity contribution in [2.75, 3.05) is 6.61 Å². The van der Waals surface area contributed by atoms with E-state index >= 15 is 0 Å². The van der Waals surface area contributed by atoms with Crippen LogP contribution in [-0.2, 0) is 14.3 Å². The molecule has 3 heteroatoms. The number of ether oxygens (including phenoxy) is 1. The van der Waals surface area contributed by atoms with Crippen molar-refractivity contribution in [2.24, 2.45) is 5.92 Å². The Hall–Kier alpha value is -0.860. The second-order valence-corrected chi connectivity index (χ2v) is 2.21. The van der Waals surface area contributed by atoms with Crippen molar-refractivity contribution in [3.05, 3.63) is 0 Å². The molecule has 0 aliphatic carbocycles. The van der Waals surface area contributed by atoms with Gasteiger partial charge in [0.1, 0.15) is 5.92 Å². The molecule has 1 atom stereocenters. The summed E-state index contributed by atoms with van der Waals surface area (Å²) in [5, 5.41) is 0. The molecular formula is C8H13O3. The fraction of sp³-hybridized carbons (Fsp3) is 0.750. The van der Waals surface area contributed by atoms with Gasteiger partial charge in [-0.15, -0.1) is 0 Å². The topological polar surface area (TPSA) is 43.4 Å². The normalized spacial score (nSPS) is 12.2. The lowest BCUT2D eigenvalue weighted by molar-refractivity contribution is -0.145. The highest BCUT2D eigenvalue weighted by Gasteiger charge is 2.17. The molecule has 0 amide bonds. The molecule has 0 heterocycles. The van der Waals surface area contributed by atoms with Crippen molar-refractivity contribution >= 4 is 12.3 Å². The van der Waals surface area contributed by atoms with Crippen LogP contribution in [0.3, 0.4) is 0 Å². The summed E-state index contributed by atoms with van der Waals surface area (Å²) in [6.07, 6.45) is 2.98. The molecule has 0 fully saturated rings. The third kappa shape index (κ3) is 3.75. The first-order valence-corrected chi connectivity index (χ1v) is 3.80. The summed E-state index contributed by atoms with van der Waals surface area (Å²) in [4.78, 5) is 21.1. The Balaban J connectivity index is 3.81. The Bertz CT molecular complexity index is 131. The highest BCUT2D eigenvalue weighted by molar-refractivity contribution is 5.87. The minimum atomic E-state index is -0.681. The third-order valence-corrected chi connectivity index (χ3v) is 1.29. The molecule has 0 rings (SSSR count). The van der Waals surface area contributed by atoms with Gasteiger partial charge in [0.2, 0.25) is 6.29 Å². The van der Waals surface area contributed by atoms with E-state index in [0.29, 0.717) is 13.0 Å². The third-order valence-electron chi connectivity index (χ3n) is 1.29. The van der Waals surface area contributed by atoms with Crippen LogP contribution in [0.25, 0.3) is 0 Å². The van der Waals surface area contributed by atoms with Crippen molar-refractivity contribution in [1.82, 2.24) is 0 Å². The SMILES string of the molecule is CCCC([C]=O)C(=O)OCC. The molecule has 63 valence electrons. The van der Waals surface area contributed by atoms with Gasteiger partial charge in [0, 0.05) is 0 Å². The van der Waals surface area contributed by atoms with Gasteiger partial charge in [0.15, 0.2) is 0 Å². The van der Waals surface area contributed by atoms with Crippen LogP contribution in [0, 0.1) is 5.92 Å². The fourth-order valence-electron chi connectivity index (χ4n) is 0.756. The van der Waals surface area contributed by atoms with E-state index in [1.807, 2.05) is 6.92 Å². The number of hydrogen-bond acceptors (Lipinski definition) is 3. The molecule has 11 heavy (non-hydrogen) atoms. The van der Waals surface area contributed by atoms with Gasteiger partial charge in [-0.3, -0.25) is 9.59 Å². The largest absolute Gasteiger partial charge is 0.465 e. The predicted molar refractivity (Wildman–Crippen MR) is 40.7 cm³/mol. The Morgan fingerprint density at radius 3 is 2.55 bits per heavy atom. The molecule has 0 spiro atoms. The number of rotatable bonds is 5. The molecule has 0 aromatic heterocycles. The maximum absolute atomic E-state index is 10.9. The summed E-state index contributed by atoms with van der Waals surface area (Å²) in [6.45, 7) is 3.94. The molecule has 0 bridgehead atoms. The lowest BCUT2D eigenvalue weighted by Crippen LogP contribution is -2.18. The lowest BCUT2D eigenvalue weighted by Gasteiger charge is -2.05. The van der Waals surface area contributed by atoms with Crippen molar-refractivity contribution in [3.63, 3.8) is 0 Å². The molecule has 0 aliphatic rings. The standard InChI is InChI=1S/C8H13O3/c1-3-5-7(6-9)8(10)11-4-2/h7H,3-5H2,1-2H3. The number of esters is 1. The van der Waals surface area contributed by atoms with Crippen LogP contribution in [0.5, 0.6) is 0 Å². The number of carbonyl (C=O) groups is 1. The molecule has 0 N–H and O–H groups in total. The summed E-state index contributed by atoms with van der Waals surface area (Å²) >= 11 is 0. The van der Waals surface area contributed by atoms with Crippen molar-refractivity contribution in [1.29, 1.82) is 0 Å². The van der Waals surface area contributed by atoms with Gasteiger partial charge in [0.25, 0.3) is 0 Å². The average molecular weight is 157 g/mol. The van der Waals surface area contributed by atoms with Gasteiger partial charge in [-0.25, -0.2) is 0 Å². The van der Waals surface area contributed by atoms with E-state index in [9.17, 15) is 9.59 Å². The summed E-state index contributed by atoms with van der Waals surface area (Å²) in [6, 6.07) is 0. The zero-order chi connectivity index (χ0) is 8.69. The minimum Gasteiger partial charge on any atom is -0.465 e. The summed E-state index contributed by atoms with van der Waals surface area (Å²) < 4.78 is 4.65. The average Bonchev–Trinajstić information content (AvgIpc) is 2.00. The summed E-state index contributed by atoms with van der Waals surface area (Å²) in [7, 11) is 0. The van der Waals surface area contributed by atoms with Crippen LogP contribution >= 0.6 is 0 Å². The van der Waals surface area contributed by atoms with Crippen LogP contribution in [0.1, 0.15) is 26.7 Å². The van der Waals surface area contributed by atoms with Gasteiger partial charge in [0.05, 0.1) is 6.61 Å². The van der Waals surface area contributed by atoms with Gasteiger partial charge < -0.3 is 4.74 Å². The summed E-state index contributed by atoms with van der Waals surface area (Å²) in [5.74, 6) is -1.13. The van der Waals surface area contributed by atoms with E-state index in [-0.39, 0.29) is 0 Å². The Morgan fingerprint density at radius 1 is 1.55 bits per heavy atom. The Kier molecular flexibility index (Phi) is 5.43. The monoisotopic (exact) mass is 157 g/mol. The van der Waals surface area contributed by atoms with Crippen molar-refractivity contribution in [2.45, 2.75) is 26.7 Å². The van der Waals surface area contributed by atoms with E-state index in [0.717, 1.165) is 6.42 Å². The van der Waals surface area contributed by atoms with Crippen LogP contribution < -0.4 is 0 Å². The maximum Gasteiger partial charge on any atom is 0.316 e. The molecular weight excluding hydrogens is 144 g/mol. The summed E-state index contributed by atoms with van der Waals surface area (Å²) in [5.41, 5.74) is 0. The highest BCUT2D eigenvalue weighted by Crippen LogP contribution is 2.04. The second kappa shape index (κ2) is 5.89. The molecule has 1 radical (unpaired) electrons. The van der Waals surface area contributed by atoms with Crippen LogP contribution in [-0.4, -0.2) is 18.9 Å². The van der Waals surface area contributed by atoms with Crippen LogP contribution in [0.15, 0.2) is 0 Å². The van der Waals surface area contributed by atoms with E-state index in [4.69, 9.17) is 0 Å². The molecule has 0 aromatic carbocycles. The minimum absolute atomic E-state index is 0.320. The van der Waals surface area contributed by atoms with E-state index in [2.05, 4.69) is 4.74 Å². The first-order valence-electron chi connectivity index (χ1n) is 3.80. The van der Waals surface area contributed by atoms with Crippen molar-refractivity contribution < 1.29 is 14.3 Å². The van der Waals surface area contributed by atoms with Gasteiger partial charge in [-0.2, -0.15) is 0 Å². The Labute approximate surface area is 66.7 Å². The molecule has 0 saturated heterocycles. The van der Waals surface area contributed by atoms with E-state index in [1.165, 1.54) is 0 Å². The number of hydrogen-bond donors (Lipinski definition) is 0. The quantitative estimate of drug-likeness (QED) is 0.443. The number of carbonyl (C=O) groups excluding carboxylic acids is 2. The predicted octanol–water partition coefficient (Wildman–Crippen LogP) is 1.08. The molecule has 0 aromatic rings. The first-order chi connectivity index (χ1) is 5.26. The molecule has 0 aliphatic heterocycles. The van der Waals surface area contributed by atoms with Gasteiger partial charge >= 0.3 is 5.97 Å². The van der Waals surface area contributed by atoms with E-state index < -0.39 is 11.9 Å². The Morgan fingerprint density at radius 2 is 2.18 bits per heavy atom. The molecule has 1 unspecified atom stereocenters. The van der Waals surface area contributed by atoms with Crippen molar-refractivity contribution in [3.8, 4) is 0 Å². The highest BCUT2D eigenvalue weighted by atomic mass is 16.5. The molecule has 3 nitrogen and oxygen atoms in total. The fourth-order valence-corrected chi connectivity index (χ4v) is 0.756. The van der Waals surface area contributed by atoms with E-state index in [1.54, 1.807) is 13.2 Å². The zero-order valence-electron chi connectivity index (χ0n) is 6.92. The maximum atomic E-state index is 10.9. The molecule has 0 saturated carbocycles. The lowest BCUT2D eigenvalue weighted by atomic mass is 10.1. The smallest absolute Gasteiger partial charge is 0.316 e. The van der Waals surface area contributed by atoms with Crippen LogP contribution in [0.2, 0.25) is 0 Å². The van der Waals surface area contributed by atoms with Crippen LogP contribution in [0.4, 0.5) is 0 Å². The first kappa shape index (κ1) is 10.1. The second-order valence-electron chi connectivity index (χ2n) is 2.21. The van der Waals surface area contributed by atoms with Gasteiger partial charge in [-0.1, -0.05) is 13.3 Å².